The van der Waals surface area contributed by atoms with Gasteiger partial charge in [0.05, 0.1) is 18.6 Å². The second kappa shape index (κ2) is 7.31. The zero-order chi connectivity index (χ0) is 15.2. The van der Waals surface area contributed by atoms with Gasteiger partial charge in [0.15, 0.2) is 11.5 Å². The number of hydrogen-bond donors (Lipinski definition) is 1. The molecule has 5 heteroatoms. The Morgan fingerprint density at radius 2 is 2.00 bits per heavy atom. The number of benzene rings is 1. The van der Waals surface area contributed by atoms with Crippen molar-refractivity contribution >= 4 is 5.97 Å². The van der Waals surface area contributed by atoms with E-state index in [1.807, 2.05) is 6.92 Å². The number of esters is 1. The number of carbonyl (C=O) groups is 1. The summed E-state index contributed by atoms with van der Waals surface area (Å²) in [6.45, 7) is 5.06. The van der Waals surface area contributed by atoms with Gasteiger partial charge in [0, 0.05) is 0 Å². The van der Waals surface area contributed by atoms with E-state index in [2.05, 4.69) is 0 Å². The highest BCUT2D eigenvalue weighted by molar-refractivity contribution is 5.73. The molecule has 1 heterocycles. The fourth-order valence-corrected chi connectivity index (χ4v) is 2.44. The molecule has 1 aromatic rings. The molecule has 1 aromatic carbocycles. The molecule has 0 spiro atoms. The highest BCUT2D eigenvalue weighted by atomic mass is 16.6. The summed E-state index contributed by atoms with van der Waals surface area (Å²) in [6.07, 6.45) is 0.472. The van der Waals surface area contributed by atoms with E-state index in [0.717, 1.165) is 6.42 Å². The third-order valence-corrected chi connectivity index (χ3v) is 3.48. The van der Waals surface area contributed by atoms with E-state index in [0.29, 0.717) is 43.3 Å². The smallest absolute Gasteiger partial charge is 0.311 e. The zero-order valence-electron chi connectivity index (χ0n) is 12.5. The predicted octanol–water partition coefficient (Wildman–Crippen LogP) is 2.47. The van der Waals surface area contributed by atoms with Crippen molar-refractivity contribution in [3.05, 3.63) is 23.8 Å². The second-order valence-electron chi connectivity index (χ2n) is 5.00. The molecule has 0 fully saturated rings. The summed E-state index contributed by atoms with van der Waals surface area (Å²) < 4.78 is 16.0. The van der Waals surface area contributed by atoms with Gasteiger partial charge in [-0.05, 0) is 31.0 Å². The highest BCUT2D eigenvalue weighted by Gasteiger charge is 2.29. The summed E-state index contributed by atoms with van der Waals surface area (Å²) in [5, 5.41) is 10.5. The molecule has 2 rings (SSSR count). The summed E-state index contributed by atoms with van der Waals surface area (Å²) >= 11 is 0. The van der Waals surface area contributed by atoms with Crippen LogP contribution < -0.4 is 9.47 Å². The van der Waals surface area contributed by atoms with Crippen LogP contribution in [0.1, 0.15) is 38.4 Å². The van der Waals surface area contributed by atoms with Crippen molar-refractivity contribution in [2.45, 2.75) is 32.8 Å². The largest absolute Gasteiger partial charge is 0.486 e. The first kappa shape index (κ1) is 15.6. The summed E-state index contributed by atoms with van der Waals surface area (Å²) in [7, 11) is 0. The first-order chi connectivity index (χ1) is 10.2. The number of aliphatic hydroxyl groups is 1. The van der Waals surface area contributed by atoms with Crippen LogP contribution in [0.25, 0.3) is 0 Å². The molecule has 0 saturated heterocycles. The minimum Gasteiger partial charge on any atom is -0.486 e. The van der Waals surface area contributed by atoms with Crippen LogP contribution in [0.15, 0.2) is 18.2 Å². The van der Waals surface area contributed by atoms with Gasteiger partial charge in [-0.25, -0.2) is 0 Å². The fraction of sp³-hybridized carbons (Fsp3) is 0.562. The summed E-state index contributed by atoms with van der Waals surface area (Å²) in [4.78, 5) is 12.0. The van der Waals surface area contributed by atoms with Crippen molar-refractivity contribution in [3.63, 3.8) is 0 Å². The third-order valence-electron chi connectivity index (χ3n) is 3.48. The minimum absolute atomic E-state index is 0.312. The molecule has 0 aromatic heterocycles. The molecule has 0 aliphatic carbocycles. The zero-order valence-corrected chi connectivity index (χ0v) is 12.5. The molecule has 2 atom stereocenters. The van der Waals surface area contributed by atoms with Gasteiger partial charge in [-0.3, -0.25) is 4.79 Å². The molecule has 1 aliphatic rings. The molecule has 5 nitrogen and oxygen atoms in total. The maximum absolute atomic E-state index is 12.0. The Labute approximate surface area is 124 Å². The summed E-state index contributed by atoms with van der Waals surface area (Å²) in [6, 6.07) is 5.27. The van der Waals surface area contributed by atoms with E-state index in [9.17, 15) is 9.90 Å². The quantitative estimate of drug-likeness (QED) is 0.816. The van der Waals surface area contributed by atoms with Gasteiger partial charge in [-0.1, -0.05) is 19.4 Å². The number of carbonyl (C=O) groups excluding carboxylic acids is 1. The first-order valence-electron chi connectivity index (χ1n) is 7.41. The molecule has 116 valence electrons. The van der Waals surface area contributed by atoms with E-state index < -0.39 is 12.0 Å². The van der Waals surface area contributed by atoms with Crippen LogP contribution in [0, 0.1) is 5.92 Å². The Morgan fingerprint density at radius 1 is 1.29 bits per heavy atom. The molecule has 2 unspecified atom stereocenters. The lowest BCUT2D eigenvalue weighted by Crippen LogP contribution is -2.25. The molecule has 0 amide bonds. The Balaban J connectivity index is 2.19. The fourth-order valence-electron chi connectivity index (χ4n) is 2.44. The maximum Gasteiger partial charge on any atom is 0.311 e. The van der Waals surface area contributed by atoms with Crippen molar-refractivity contribution in [1.29, 1.82) is 0 Å². The van der Waals surface area contributed by atoms with Crippen LogP contribution in [0.5, 0.6) is 11.5 Å². The van der Waals surface area contributed by atoms with E-state index in [1.54, 1.807) is 25.1 Å². The Morgan fingerprint density at radius 3 is 2.67 bits per heavy atom. The average Bonchev–Trinajstić information content (AvgIpc) is 2.51. The van der Waals surface area contributed by atoms with Crippen LogP contribution in [0.3, 0.4) is 0 Å². The molecular weight excluding hydrogens is 272 g/mol. The van der Waals surface area contributed by atoms with Crippen molar-refractivity contribution in [3.8, 4) is 11.5 Å². The van der Waals surface area contributed by atoms with Crippen molar-refractivity contribution in [2.24, 2.45) is 5.92 Å². The average molecular weight is 294 g/mol. The molecule has 0 saturated carbocycles. The Bertz CT molecular complexity index is 486. The molecule has 0 radical (unpaired) electrons. The van der Waals surface area contributed by atoms with E-state index >= 15 is 0 Å². The molecule has 1 N–H and O–H groups in total. The topological polar surface area (TPSA) is 65.0 Å². The lowest BCUT2D eigenvalue weighted by atomic mass is 9.91. The van der Waals surface area contributed by atoms with Crippen molar-refractivity contribution < 1.29 is 24.1 Å². The van der Waals surface area contributed by atoms with Gasteiger partial charge < -0.3 is 19.3 Å². The third kappa shape index (κ3) is 3.67. The summed E-state index contributed by atoms with van der Waals surface area (Å²) in [5.74, 6) is 0.358. The monoisotopic (exact) mass is 294 g/mol. The maximum atomic E-state index is 12.0. The number of ether oxygens (including phenoxy) is 3. The number of hydrogen-bond acceptors (Lipinski definition) is 5. The number of fused-ring (bicyclic) bond motifs is 1. The molecular formula is C16H22O5. The molecule has 0 bridgehead atoms. The predicted molar refractivity (Wildman–Crippen MR) is 77.4 cm³/mol. The summed E-state index contributed by atoms with van der Waals surface area (Å²) in [5.41, 5.74) is 0.644. The van der Waals surface area contributed by atoms with Crippen LogP contribution in [0.4, 0.5) is 0 Å². The standard InChI is InChI=1S/C16H22O5/c1-3-5-12(16(18)19-4-2)15(17)11-6-7-13-14(10-11)21-9-8-20-13/h6-7,10,12,15,17H,3-5,8-9H2,1-2H3. The lowest BCUT2D eigenvalue weighted by molar-refractivity contribution is -0.152. The Kier molecular flexibility index (Phi) is 5.44. The highest BCUT2D eigenvalue weighted by Crippen LogP contribution is 2.35. The lowest BCUT2D eigenvalue weighted by Gasteiger charge is -2.23. The van der Waals surface area contributed by atoms with Crippen molar-refractivity contribution in [1.82, 2.24) is 0 Å². The molecule has 1 aliphatic heterocycles. The Hall–Kier alpha value is -1.75. The van der Waals surface area contributed by atoms with Gasteiger partial charge in [0.2, 0.25) is 0 Å². The van der Waals surface area contributed by atoms with Gasteiger partial charge in [0.25, 0.3) is 0 Å². The van der Waals surface area contributed by atoms with E-state index in [4.69, 9.17) is 14.2 Å². The second-order valence-corrected chi connectivity index (χ2v) is 5.00. The van der Waals surface area contributed by atoms with Crippen LogP contribution in [-0.2, 0) is 9.53 Å². The van der Waals surface area contributed by atoms with Crippen molar-refractivity contribution in [2.75, 3.05) is 19.8 Å². The minimum atomic E-state index is -0.903. The van der Waals surface area contributed by atoms with E-state index in [-0.39, 0.29) is 5.97 Å². The first-order valence-corrected chi connectivity index (χ1v) is 7.41. The van der Waals surface area contributed by atoms with Crippen LogP contribution in [-0.4, -0.2) is 30.9 Å². The van der Waals surface area contributed by atoms with E-state index in [1.165, 1.54) is 0 Å². The number of aliphatic hydroxyl groups excluding tert-OH is 1. The van der Waals surface area contributed by atoms with Gasteiger partial charge >= 0.3 is 5.97 Å². The normalized spacial score (nSPS) is 16.1. The van der Waals surface area contributed by atoms with Crippen LogP contribution in [0.2, 0.25) is 0 Å². The van der Waals surface area contributed by atoms with Gasteiger partial charge in [-0.2, -0.15) is 0 Å². The van der Waals surface area contributed by atoms with Gasteiger partial charge in [-0.15, -0.1) is 0 Å². The molecule has 21 heavy (non-hydrogen) atoms. The SMILES string of the molecule is CCCC(C(=O)OCC)C(O)c1ccc2c(c1)OCCO2. The number of rotatable bonds is 6. The van der Waals surface area contributed by atoms with Crippen LogP contribution >= 0.6 is 0 Å². The van der Waals surface area contributed by atoms with Gasteiger partial charge in [0.1, 0.15) is 13.2 Å².